The molecule has 8 heteroatoms. The molecule has 4 aromatic heterocycles. The Morgan fingerprint density at radius 2 is 1.90 bits per heavy atom. The van der Waals surface area contributed by atoms with Gasteiger partial charge in [0, 0.05) is 31.2 Å². The number of anilines is 3. The average Bonchev–Trinajstić information content (AvgIpc) is 3.61. The lowest BCUT2D eigenvalue weighted by Crippen LogP contribution is -2.26. The van der Waals surface area contributed by atoms with Gasteiger partial charge in [0.05, 0.1) is 18.1 Å². The minimum atomic E-state index is 0.198. The summed E-state index contributed by atoms with van der Waals surface area (Å²) in [6.45, 7) is 0.920. The van der Waals surface area contributed by atoms with Crippen LogP contribution in [0, 0.1) is 0 Å². The first kappa shape index (κ1) is 18.4. The number of nitrogens with one attached hydrogen (secondary N) is 1. The third kappa shape index (κ3) is 3.41. The van der Waals surface area contributed by atoms with Crippen molar-refractivity contribution >= 4 is 23.1 Å². The van der Waals surface area contributed by atoms with Crippen molar-refractivity contribution in [2.45, 2.75) is 50.6 Å². The van der Waals surface area contributed by atoms with Crippen LogP contribution in [-0.2, 0) is 0 Å². The summed E-state index contributed by atoms with van der Waals surface area (Å²) in [7, 11) is 0. The van der Waals surface area contributed by atoms with Gasteiger partial charge in [0.2, 0.25) is 5.95 Å². The van der Waals surface area contributed by atoms with Gasteiger partial charge in [-0.25, -0.2) is 9.50 Å². The second-order valence-electron chi connectivity index (χ2n) is 8.47. The third-order valence-electron chi connectivity index (χ3n) is 6.51. The molecule has 2 fully saturated rings. The maximum absolute atomic E-state index is 4.94. The summed E-state index contributed by atoms with van der Waals surface area (Å²) in [6, 6.07) is 10.9. The van der Waals surface area contributed by atoms with Crippen molar-refractivity contribution in [1.29, 1.82) is 0 Å². The first-order valence-electron chi connectivity index (χ1n) is 11.2. The molecule has 6 rings (SSSR count). The number of hydrogen-bond acceptors (Lipinski definition) is 6. The van der Waals surface area contributed by atoms with Gasteiger partial charge in [0.1, 0.15) is 11.3 Å². The van der Waals surface area contributed by atoms with E-state index in [1.807, 2.05) is 47.5 Å². The molecule has 8 nitrogen and oxygen atoms in total. The van der Waals surface area contributed by atoms with Crippen LogP contribution in [0.5, 0.6) is 0 Å². The van der Waals surface area contributed by atoms with Crippen LogP contribution >= 0.6 is 0 Å². The third-order valence-corrected chi connectivity index (χ3v) is 6.51. The van der Waals surface area contributed by atoms with Gasteiger partial charge < -0.3 is 14.8 Å². The maximum atomic E-state index is 4.94. The highest BCUT2D eigenvalue weighted by Crippen LogP contribution is 2.35. The zero-order valence-corrected chi connectivity index (χ0v) is 17.4. The number of fused-ring (bicyclic) bond motifs is 1. The predicted octanol–water partition coefficient (Wildman–Crippen LogP) is 4.52. The summed E-state index contributed by atoms with van der Waals surface area (Å²) in [5, 5.41) is 8.25. The number of imidazole rings is 1. The van der Waals surface area contributed by atoms with Crippen LogP contribution in [0.2, 0.25) is 0 Å². The van der Waals surface area contributed by atoms with Crippen molar-refractivity contribution in [1.82, 2.24) is 29.1 Å². The predicted molar refractivity (Wildman–Crippen MR) is 120 cm³/mol. The summed E-state index contributed by atoms with van der Waals surface area (Å²) < 4.78 is 4.14. The normalized spacial score (nSPS) is 19.5. The van der Waals surface area contributed by atoms with Crippen LogP contribution in [0.25, 0.3) is 5.52 Å². The Labute approximate surface area is 181 Å². The first-order valence-corrected chi connectivity index (χ1v) is 11.2. The minimum absolute atomic E-state index is 0.198. The van der Waals surface area contributed by atoms with E-state index in [1.54, 1.807) is 0 Å². The van der Waals surface area contributed by atoms with E-state index in [0.717, 1.165) is 48.2 Å². The van der Waals surface area contributed by atoms with Crippen LogP contribution < -0.4 is 10.2 Å². The average molecular weight is 415 g/mol. The van der Waals surface area contributed by atoms with Gasteiger partial charge in [-0.15, -0.1) is 5.10 Å². The lowest BCUT2D eigenvalue weighted by atomic mass is 10.1. The molecule has 0 spiro atoms. The smallest absolute Gasteiger partial charge is 0.246 e. The molecule has 0 radical (unpaired) electrons. The minimum Gasteiger partial charge on any atom is -0.332 e. The molecule has 1 aliphatic carbocycles. The van der Waals surface area contributed by atoms with Gasteiger partial charge in [-0.1, -0.05) is 18.9 Å². The van der Waals surface area contributed by atoms with Crippen molar-refractivity contribution < 1.29 is 0 Å². The topological polar surface area (TPSA) is 76.2 Å². The first-order chi connectivity index (χ1) is 15.3. The van der Waals surface area contributed by atoms with Gasteiger partial charge in [0.25, 0.3) is 0 Å². The van der Waals surface area contributed by atoms with Crippen molar-refractivity contribution in [3.8, 4) is 0 Å². The largest absolute Gasteiger partial charge is 0.332 e. The zero-order valence-electron chi connectivity index (χ0n) is 17.4. The van der Waals surface area contributed by atoms with E-state index in [-0.39, 0.29) is 6.04 Å². The van der Waals surface area contributed by atoms with Gasteiger partial charge in [-0.05, 0) is 49.9 Å². The van der Waals surface area contributed by atoms with Gasteiger partial charge in [0.15, 0.2) is 5.82 Å². The van der Waals surface area contributed by atoms with Crippen molar-refractivity contribution in [3.05, 3.63) is 60.9 Å². The van der Waals surface area contributed by atoms with E-state index in [2.05, 4.69) is 37.0 Å². The Balaban J connectivity index is 1.33. The molecule has 1 saturated heterocycles. The second-order valence-corrected chi connectivity index (χ2v) is 8.47. The van der Waals surface area contributed by atoms with Crippen LogP contribution in [0.3, 0.4) is 0 Å². The van der Waals surface area contributed by atoms with Crippen molar-refractivity contribution in [2.24, 2.45) is 0 Å². The van der Waals surface area contributed by atoms with Crippen LogP contribution in [0.4, 0.5) is 17.6 Å². The summed E-state index contributed by atoms with van der Waals surface area (Å²) in [5.41, 5.74) is 2.01. The molecule has 0 unspecified atom stereocenters. The fourth-order valence-electron chi connectivity index (χ4n) is 4.95. The highest BCUT2D eigenvalue weighted by atomic mass is 15.4. The van der Waals surface area contributed by atoms with Gasteiger partial charge in [-0.3, -0.25) is 4.98 Å². The van der Waals surface area contributed by atoms with Gasteiger partial charge >= 0.3 is 0 Å². The molecule has 1 aliphatic heterocycles. The maximum Gasteiger partial charge on any atom is 0.246 e. The Kier molecular flexibility index (Phi) is 4.55. The molecule has 158 valence electrons. The second kappa shape index (κ2) is 7.68. The van der Waals surface area contributed by atoms with Crippen molar-refractivity contribution in [3.63, 3.8) is 0 Å². The summed E-state index contributed by atoms with van der Waals surface area (Å²) in [5.74, 6) is 2.32. The molecule has 2 aliphatic rings. The zero-order chi connectivity index (χ0) is 20.6. The Morgan fingerprint density at radius 3 is 2.77 bits per heavy atom. The lowest BCUT2D eigenvalue weighted by molar-refractivity contribution is 0.518. The molecule has 1 atom stereocenters. The van der Waals surface area contributed by atoms with E-state index in [1.165, 1.54) is 25.7 Å². The van der Waals surface area contributed by atoms with Crippen molar-refractivity contribution in [2.75, 3.05) is 16.8 Å². The van der Waals surface area contributed by atoms with Crippen LogP contribution in [-0.4, -0.2) is 35.7 Å². The van der Waals surface area contributed by atoms with E-state index in [0.29, 0.717) is 6.04 Å². The van der Waals surface area contributed by atoms with E-state index < -0.39 is 0 Å². The lowest BCUT2D eigenvalue weighted by Gasteiger charge is -2.24. The summed E-state index contributed by atoms with van der Waals surface area (Å²) >= 11 is 0. The van der Waals surface area contributed by atoms with Gasteiger partial charge in [-0.2, -0.15) is 4.98 Å². The highest BCUT2D eigenvalue weighted by Gasteiger charge is 2.30. The van der Waals surface area contributed by atoms with E-state index in [9.17, 15) is 0 Å². The molecule has 0 bridgehead atoms. The molecular weight excluding hydrogens is 388 g/mol. The fourth-order valence-corrected chi connectivity index (χ4v) is 4.95. The number of rotatable bonds is 5. The van der Waals surface area contributed by atoms with Crippen LogP contribution in [0.1, 0.15) is 56.3 Å². The Bertz CT molecular complexity index is 1170. The molecule has 4 aromatic rings. The summed E-state index contributed by atoms with van der Waals surface area (Å²) in [4.78, 5) is 16.4. The molecule has 5 heterocycles. The monoisotopic (exact) mass is 414 g/mol. The molecule has 1 N–H and O–H groups in total. The number of aromatic nitrogens is 6. The standard InChI is InChI=1S/C23H26N8/c1-2-8-17(7-1)29-15-21(25-16-29)26-22-20-11-6-14-31(20)28-23(27-22)30-13-5-10-19(30)18-9-3-4-12-24-18/h3-4,6,9,11-12,14-17,19H,1-2,5,7-8,10,13H2,(H,26,27,28)/t19-/m0/s1. The number of hydrogen-bond donors (Lipinski definition) is 1. The molecule has 31 heavy (non-hydrogen) atoms. The summed E-state index contributed by atoms with van der Waals surface area (Å²) in [6.07, 6.45) is 15.1. The van der Waals surface area contributed by atoms with Crippen LogP contribution in [0.15, 0.2) is 55.2 Å². The number of nitrogens with zero attached hydrogens (tertiary/aromatic N) is 7. The Morgan fingerprint density at radius 1 is 0.968 bits per heavy atom. The molecular formula is C23H26N8. The van der Waals surface area contributed by atoms with E-state index >= 15 is 0 Å². The van der Waals surface area contributed by atoms with E-state index in [4.69, 9.17) is 10.1 Å². The quantitative estimate of drug-likeness (QED) is 0.517. The Hall–Kier alpha value is -3.42. The fraction of sp³-hybridized carbons (Fsp3) is 0.391. The molecule has 0 aromatic carbocycles. The SMILES string of the molecule is c1ccc([C@@H]2CCCN2c2nc(Nc3cn(C4CCCC4)cn3)c3cccn3n2)nc1. The molecule has 1 saturated carbocycles. The molecule has 0 amide bonds. The highest BCUT2D eigenvalue weighted by molar-refractivity contribution is 5.73. The number of pyridine rings is 1.